The Morgan fingerprint density at radius 1 is 1.15 bits per heavy atom. The van der Waals surface area contributed by atoms with Gasteiger partial charge >= 0.3 is 11.7 Å². The second-order valence-electron chi connectivity index (χ2n) is 5.25. The van der Waals surface area contributed by atoms with E-state index in [1.54, 1.807) is 24.3 Å². The van der Waals surface area contributed by atoms with Crippen molar-refractivity contribution in [1.82, 2.24) is 4.57 Å². The van der Waals surface area contributed by atoms with E-state index in [1.807, 2.05) is 0 Å². The molecule has 0 unspecified atom stereocenters. The van der Waals surface area contributed by atoms with Crippen LogP contribution in [0, 0.1) is 11.6 Å². The molecule has 134 valence electrons. The van der Waals surface area contributed by atoms with Crippen LogP contribution in [0.15, 0.2) is 51.7 Å². The Morgan fingerprint density at radius 3 is 2.69 bits per heavy atom. The van der Waals surface area contributed by atoms with Crippen LogP contribution in [0.5, 0.6) is 0 Å². The Labute approximate surface area is 144 Å². The number of halogens is 2. The van der Waals surface area contributed by atoms with Gasteiger partial charge in [-0.15, -0.1) is 0 Å². The minimum atomic E-state index is -0.957. The highest BCUT2D eigenvalue weighted by Gasteiger charge is 2.15. The summed E-state index contributed by atoms with van der Waals surface area (Å²) in [6.07, 6.45) is 0. The molecule has 0 bridgehead atoms. The molecule has 0 aliphatic heterocycles. The zero-order valence-corrected chi connectivity index (χ0v) is 13.2. The van der Waals surface area contributed by atoms with Crippen molar-refractivity contribution < 1.29 is 27.5 Å². The van der Waals surface area contributed by atoms with Gasteiger partial charge < -0.3 is 14.5 Å². The number of carbonyl (C=O) groups is 2. The van der Waals surface area contributed by atoms with Crippen LogP contribution in [-0.2, 0) is 20.9 Å². The molecule has 0 radical (unpaired) electrons. The Bertz CT molecular complexity index is 1040. The molecule has 9 heteroatoms. The molecule has 0 fully saturated rings. The fourth-order valence-electron chi connectivity index (χ4n) is 2.26. The molecule has 0 aliphatic carbocycles. The topological polar surface area (TPSA) is 90.5 Å². The smallest absolute Gasteiger partial charge is 0.420 e. The molecule has 0 atom stereocenters. The van der Waals surface area contributed by atoms with Gasteiger partial charge in [-0.05, 0) is 24.3 Å². The highest BCUT2D eigenvalue weighted by atomic mass is 19.1. The van der Waals surface area contributed by atoms with Gasteiger partial charge in [0.1, 0.15) is 18.2 Å². The van der Waals surface area contributed by atoms with Crippen molar-refractivity contribution in [3.63, 3.8) is 0 Å². The van der Waals surface area contributed by atoms with Crippen LogP contribution in [0.3, 0.4) is 0 Å². The van der Waals surface area contributed by atoms with Crippen LogP contribution < -0.4 is 11.1 Å². The summed E-state index contributed by atoms with van der Waals surface area (Å²) >= 11 is 0. The highest BCUT2D eigenvalue weighted by Crippen LogP contribution is 2.15. The van der Waals surface area contributed by atoms with Gasteiger partial charge in [0.2, 0.25) is 0 Å². The summed E-state index contributed by atoms with van der Waals surface area (Å²) in [5.41, 5.74) is 0.478. The SMILES string of the molecule is O=C(COC(=O)Cn1c(=O)oc2ccccc21)Nc1ccc(F)cc1F. The molecule has 26 heavy (non-hydrogen) atoms. The lowest BCUT2D eigenvalue weighted by Gasteiger charge is -2.07. The molecular weight excluding hydrogens is 350 g/mol. The van der Waals surface area contributed by atoms with Crippen molar-refractivity contribution in [3.05, 3.63) is 64.6 Å². The van der Waals surface area contributed by atoms with E-state index >= 15 is 0 Å². The van der Waals surface area contributed by atoms with E-state index in [4.69, 9.17) is 9.15 Å². The summed E-state index contributed by atoms with van der Waals surface area (Å²) in [7, 11) is 0. The van der Waals surface area contributed by atoms with Crippen LogP contribution in [0.1, 0.15) is 0 Å². The number of aromatic nitrogens is 1. The second kappa shape index (κ2) is 7.18. The molecule has 2 aromatic carbocycles. The summed E-state index contributed by atoms with van der Waals surface area (Å²) in [5, 5.41) is 2.15. The maximum absolute atomic E-state index is 13.4. The van der Waals surface area contributed by atoms with Gasteiger partial charge in [0.15, 0.2) is 12.2 Å². The van der Waals surface area contributed by atoms with Gasteiger partial charge in [-0.2, -0.15) is 0 Å². The molecular formula is C17H12F2N2O5. The molecule has 3 rings (SSSR count). The number of anilines is 1. The van der Waals surface area contributed by atoms with E-state index in [2.05, 4.69) is 5.32 Å². The van der Waals surface area contributed by atoms with Gasteiger partial charge in [0.25, 0.3) is 5.91 Å². The summed E-state index contributed by atoms with van der Waals surface area (Å²) in [5.74, 6) is -4.14. The first-order valence-electron chi connectivity index (χ1n) is 7.43. The monoisotopic (exact) mass is 362 g/mol. The molecule has 0 saturated carbocycles. The van der Waals surface area contributed by atoms with Gasteiger partial charge in [0.05, 0.1) is 11.2 Å². The molecule has 0 aliphatic rings. The number of hydrogen-bond acceptors (Lipinski definition) is 5. The summed E-state index contributed by atoms with van der Waals surface area (Å²) < 4.78 is 37.1. The van der Waals surface area contributed by atoms with Gasteiger partial charge in [-0.1, -0.05) is 12.1 Å². The fraction of sp³-hybridized carbons (Fsp3) is 0.118. The third-order valence-corrected chi connectivity index (χ3v) is 3.43. The Balaban J connectivity index is 1.59. The Morgan fingerprint density at radius 2 is 1.92 bits per heavy atom. The predicted molar refractivity (Wildman–Crippen MR) is 86.4 cm³/mol. The lowest BCUT2D eigenvalue weighted by Crippen LogP contribution is -2.26. The fourth-order valence-corrected chi connectivity index (χ4v) is 2.26. The molecule has 1 amide bonds. The average molecular weight is 362 g/mol. The van der Waals surface area contributed by atoms with Crippen LogP contribution in [0.25, 0.3) is 11.1 Å². The van der Waals surface area contributed by atoms with Crippen molar-refractivity contribution in [2.45, 2.75) is 6.54 Å². The maximum atomic E-state index is 13.4. The largest absolute Gasteiger partial charge is 0.454 e. The van der Waals surface area contributed by atoms with Crippen molar-refractivity contribution in [1.29, 1.82) is 0 Å². The third kappa shape index (κ3) is 3.77. The summed E-state index contributed by atoms with van der Waals surface area (Å²) in [6.45, 7) is -1.14. The predicted octanol–water partition coefficient (Wildman–Crippen LogP) is 2.05. The van der Waals surface area contributed by atoms with E-state index in [0.29, 0.717) is 17.2 Å². The Kier molecular flexibility index (Phi) is 4.78. The molecule has 7 nitrogen and oxygen atoms in total. The number of rotatable bonds is 5. The van der Waals surface area contributed by atoms with Crippen molar-refractivity contribution in [2.24, 2.45) is 0 Å². The van der Waals surface area contributed by atoms with Gasteiger partial charge in [-0.25, -0.2) is 13.6 Å². The number of carbonyl (C=O) groups excluding carboxylic acids is 2. The van der Waals surface area contributed by atoms with E-state index in [9.17, 15) is 23.2 Å². The van der Waals surface area contributed by atoms with Gasteiger partial charge in [0, 0.05) is 6.07 Å². The first-order valence-corrected chi connectivity index (χ1v) is 7.43. The number of para-hydroxylation sites is 2. The maximum Gasteiger partial charge on any atom is 0.420 e. The van der Waals surface area contributed by atoms with Crippen molar-refractivity contribution in [2.75, 3.05) is 11.9 Å². The van der Waals surface area contributed by atoms with Crippen LogP contribution in [0.4, 0.5) is 14.5 Å². The average Bonchev–Trinajstić information content (AvgIpc) is 2.91. The number of esters is 1. The van der Waals surface area contributed by atoms with E-state index in [1.165, 1.54) is 0 Å². The van der Waals surface area contributed by atoms with Gasteiger partial charge in [-0.3, -0.25) is 14.2 Å². The molecule has 1 aromatic heterocycles. The quantitative estimate of drug-likeness (QED) is 0.702. The molecule has 0 saturated heterocycles. The van der Waals surface area contributed by atoms with E-state index < -0.39 is 42.4 Å². The number of ether oxygens (including phenoxy) is 1. The zero-order valence-electron chi connectivity index (χ0n) is 13.2. The van der Waals surface area contributed by atoms with Crippen LogP contribution in [-0.4, -0.2) is 23.1 Å². The number of fused-ring (bicyclic) bond motifs is 1. The number of hydrogen-bond donors (Lipinski definition) is 1. The number of amides is 1. The molecule has 0 spiro atoms. The number of nitrogens with one attached hydrogen (secondary N) is 1. The first kappa shape index (κ1) is 17.3. The first-order chi connectivity index (χ1) is 12.4. The standard InChI is InChI=1S/C17H12F2N2O5/c18-10-5-6-12(11(19)7-10)20-15(22)9-25-16(23)8-21-13-3-1-2-4-14(13)26-17(21)24/h1-7H,8-9H2,(H,20,22). The van der Waals surface area contributed by atoms with Crippen molar-refractivity contribution >= 4 is 28.7 Å². The lowest BCUT2D eigenvalue weighted by molar-refractivity contribution is -0.147. The normalized spacial score (nSPS) is 10.7. The number of nitrogens with zero attached hydrogens (tertiary/aromatic N) is 1. The van der Waals surface area contributed by atoms with Crippen LogP contribution in [0.2, 0.25) is 0 Å². The zero-order chi connectivity index (χ0) is 18.7. The highest BCUT2D eigenvalue weighted by molar-refractivity contribution is 5.92. The van der Waals surface area contributed by atoms with E-state index in [0.717, 1.165) is 16.7 Å². The van der Waals surface area contributed by atoms with E-state index in [-0.39, 0.29) is 5.69 Å². The minimum absolute atomic E-state index is 0.246. The van der Waals surface area contributed by atoms with Crippen LogP contribution >= 0.6 is 0 Å². The lowest BCUT2D eigenvalue weighted by atomic mass is 10.3. The molecule has 3 aromatic rings. The summed E-state index contributed by atoms with van der Waals surface area (Å²) in [4.78, 5) is 35.3. The number of benzene rings is 2. The second-order valence-corrected chi connectivity index (χ2v) is 5.25. The minimum Gasteiger partial charge on any atom is -0.454 e. The summed E-state index contributed by atoms with van der Waals surface area (Å²) in [6, 6.07) is 9.14. The molecule has 1 heterocycles. The third-order valence-electron chi connectivity index (χ3n) is 3.43. The number of oxazole rings is 1. The molecule has 1 N–H and O–H groups in total. The Hall–Kier alpha value is -3.49. The van der Waals surface area contributed by atoms with Crippen molar-refractivity contribution in [3.8, 4) is 0 Å².